The molecule has 2 aromatic carbocycles. The number of ether oxygens (including phenoxy) is 11. The van der Waals surface area contributed by atoms with Crippen LogP contribution in [0.1, 0.15) is 44.0 Å². The number of carbonyl (C=O) groups excluding carboxylic acids is 3. The van der Waals surface area contributed by atoms with Crippen molar-refractivity contribution in [2.45, 2.75) is 44.0 Å². The molecule has 4 rings (SSSR count). The lowest BCUT2D eigenvalue weighted by molar-refractivity contribution is -0.136. The first-order valence-electron chi connectivity index (χ1n) is 24.5. The van der Waals surface area contributed by atoms with Crippen molar-refractivity contribution in [3.63, 3.8) is 0 Å². The minimum Gasteiger partial charge on any atom is -0.420 e. The van der Waals surface area contributed by atoms with Crippen LogP contribution >= 0.6 is 0 Å². The van der Waals surface area contributed by atoms with Crippen LogP contribution in [0.3, 0.4) is 0 Å². The van der Waals surface area contributed by atoms with E-state index in [1.807, 2.05) is 31.2 Å². The highest BCUT2D eigenvalue weighted by Crippen LogP contribution is 2.33. The number of nitrogens with zero attached hydrogens (tertiary/aromatic N) is 3. The van der Waals surface area contributed by atoms with Gasteiger partial charge in [-0.1, -0.05) is 19.1 Å². The topological polar surface area (TPSA) is 295 Å². The number of carbonyl (C=O) groups is 3. The zero-order chi connectivity index (χ0) is 55.7. The minimum atomic E-state index is -5.65. The fourth-order valence-electron chi connectivity index (χ4n) is 6.40. The van der Waals surface area contributed by atoms with E-state index in [-0.39, 0.29) is 70.8 Å². The minimum absolute atomic E-state index is 0.0166. The fourth-order valence-corrected chi connectivity index (χ4v) is 7.04. The molecule has 0 aliphatic carbocycles. The molecule has 428 valence electrons. The Kier molecular flexibility index (Phi) is 30.3. The van der Waals surface area contributed by atoms with Crippen molar-refractivity contribution in [2.75, 3.05) is 139 Å². The van der Waals surface area contributed by atoms with E-state index in [1.54, 1.807) is 12.4 Å². The molecule has 3 aromatic rings. The van der Waals surface area contributed by atoms with Crippen molar-refractivity contribution in [2.24, 2.45) is 10.7 Å². The molecule has 0 radical (unpaired) electrons. The SMILES string of the molecule is CCCNC(=O)C1=Cc2ccc(-c3cnc(CNC(=O)CCOCCOCCOCCOCCOCCOCCOCCOCCOCCOCCC(=O)Oc4c(F)c(F)c(S(=O)(=O)O)c(F)c4F)nc3)cc2N=C(N)C1. The summed E-state index contributed by atoms with van der Waals surface area (Å²) >= 11 is 0. The van der Waals surface area contributed by atoms with Crippen LogP contribution in [-0.2, 0) is 78.4 Å². The van der Waals surface area contributed by atoms with Gasteiger partial charge in [-0.15, -0.1) is 0 Å². The van der Waals surface area contributed by atoms with Crippen LogP contribution in [0.2, 0.25) is 0 Å². The third-order valence-corrected chi connectivity index (χ3v) is 11.1. The summed E-state index contributed by atoms with van der Waals surface area (Å²) in [6, 6.07) is 5.67. The lowest BCUT2D eigenvalue weighted by atomic mass is 10.0. The van der Waals surface area contributed by atoms with Gasteiger partial charge < -0.3 is 68.5 Å². The molecular weight excluding hydrogens is 1050 g/mol. The number of nitrogens with two attached hydrogens (primary N) is 1. The number of aromatic nitrogens is 2. The molecular formula is C49H66F4N6O17S. The highest BCUT2D eigenvalue weighted by molar-refractivity contribution is 7.85. The molecule has 1 aromatic heterocycles. The number of hydrogen-bond acceptors (Lipinski definition) is 20. The normalized spacial score (nSPS) is 12.4. The molecule has 0 unspecified atom stereocenters. The standard InChI is InChI=1S/C49H66F4N6O17S/c1-2-7-55-49(62)36-28-35-4-3-34(29-38(35)59-39(54)30-36)37-31-56-40(57-32-37)33-58-41(60)5-8-66-10-12-68-14-16-70-18-20-72-22-24-74-26-27-75-25-23-73-21-19-71-17-15-69-13-11-67-9-6-42(61)76-47-43(50)45(52)48(77(63,64)65)46(53)44(47)51/h3-4,28-29,31-32H,2,5-27,30,33H2,1H3,(H2,54,59)(H,55,62)(H,58,60)(H,63,64,65). The van der Waals surface area contributed by atoms with Gasteiger partial charge in [-0.2, -0.15) is 17.2 Å². The summed E-state index contributed by atoms with van der Waals surface area (Å²) in [6.07, 6.45) is 5.84. The maximum absolute atomic E-state index is 14.0. The fraction of sp³-hybridized carbons (Fsp3) is 0.551. The summed E-state index contributed by atoms with van der Waals surface area (Å²) in [7, 11) is -5.65. The van der Waals surface area contributed by atoms with Gasteiger partial charge in [0.2, 0.25) is 29.2 Å². The van der Waals surface area contributed by atoms with Gasteiger partial charge in [0.1, 0.15) is 11.7 Å². The first kappa shape index (κ1) is 63.9. The molecule has 5 N–H and O–H groups in total. The molecule has 0 saturated carbocycles. The Balaban J connectivity index is 0.841. The zero-order valence-corrected chi connectivity index (χ0v) is 43.5. The smallest absolute Gasteiger partial charge is 0.313 e. The lowest BCUT2D eigenvalue weighted by Crippen LogP contribution is -2.27. The van der Waals surface area contributed by atoms with Gasteiger partial charge in [-0.25, -0.2) is 23.7 Å². The second-order valence-corrected chi connectivity index (χ2v) is 17.5. The van der Waals surface area contributed by atoms with Crippen LogP contribution in [0.15, 0.2) is 46.1 Å². The Morgan fingerprint density at radius 1 is 0.623 bits per heavy atom. The van der Waals surface area contributed by atoms with E-state index >= 15 is 0 Å². The molecule has 0 bridgehead atoms. The number of amides is 2. The van der Waals surface area contributed by atoms with Crippen molar-refractivity contribution in [3.8, 4) is 16.9 Å². The Morgan fingerprint density at radius 2 is 1.06 bits per heavy atom. The summed E-state index contributed by atoms with van der Waals surface area (Å²) in [5.74, 6) is -12.2. The number of hydrogen-bond donors (Lipinski definition) is 4. The number of nitrogens with one attached hydrogen (secondary N) is 2. The van der Waals surface area contributed by atoms with E-state index in [0.717, 1.165) is 23.1 Å². The highest BCUT2D eigenvalue weighted by atomic mass is 32.2. The first-order chi connectivity index (χ1) is 37.2. The van der Waals surface area contributed by atoms with Gasteiger partial charge in [-0.05, 0) is 24.1 Å². The van der Waals surface area contributed by atoms with Crippen LogP contribution in [-0.4, -0.2) is 185 Å². The van der Waals surface area contributed by atoms with Crippen LogP contribution in [0.4, 0.5) is 23.2 Å². The molecule has 28 heteroatoms. The predicted octanol–water partition coefficient (Wildman–Crippen LogP) is 3.42. The highest BCUT2D eigenvalue weighted by Gasteiger charge is 2.34. The summed E-state index contributed by atoms with van der Waals surface area (Å²) in [4.78, 5) is 47.8. The molecule has 2 amide bonds. The van der Waals surface area contributed by atoms with E-state index in [0.29, 0.717) is 122 Å². The molecule has 77 heavy (non-hydrogen) atoms. The number of rotatable bonds is 41. The van der Waals surface area contributed by atoms with Crippen molar-refractivity contribution in [1.29, 1.82) is 0 Å². The van der Waals surface area contributed by atoms with Crippen LogP contribution in [0, 0.1) is 23.3 Å². The molecule has 0 spiro atoms. The van der Waals surface area contributed by atoms with Crippen LogP contribution in [0.25, 0.3) is 17.2 Å². The number of amidine groups is 1. The Labute approximate surface area is 443 Å². The van der Waals surface area contributed by atoms with E-state index in [2.05, 4.69) is 30.3 Å². The van der Waals surface area contributed by atoms with Gasteiger partial charge in [0.15, 0.2) is 16.5 Å². The summed E-state index contributed by atoms with van der Waals surface area (Å²) in [6.45, 7) is 8.48. The van der Waals surface area contributed by atoms with Gasteiger partial charge in [0.05, 0.1) is 151 Å². The molecule has 0 saturated heterocycles. The Bertz CT molecular complexity index is 2450. The van der Waals surface area contributed by atoms with Crippen molar-refractivity contribution < 1.29 is 97.0 Å². The molecule has 1 aliphatic heterocycles. The van der Waals surface area contributed by atoms with Crippen molar-refractivity contribution in [1.82, 2.24) is 20.6 Å². The third kappa shape index (κ3) is 24.7. The summed E-state index contributed by atoms with van der Waals surface area (Å²) in [5, 5.41) is 5.68. The van der Waals surface area contributed by atoms with Crippen LogP contribution < -0.4 is 21.1 Å². The number of benzene rings is 2. The van der Waals surface area contributed by atoms with Gasteiger partial charge in [0, 0.05) is 48.5 Å². The second kappa shape index (κ2) is 36.5. The molecule has 0 atom stereocenters. The maximum atomic E-state index is 14.0. The maximum Gasteiger partial charge on any atom is 0.313 e. The Hall–Kier alpha value is -5.63. The van der Waals surface area contributed by atoms with Gasteiger partial charge in [0.25, 0.3) is 0 Å². The second-order valence-electron chi connectivity index (χ2n) is 16.1. The van der Waals surface area contributed by atoms with E-state index in [9.17, 15) is 40.4 Å². The average molecular weight is 1120 g/mol. The lowest BCUT2D eigenvalue weighted by Gasteiger charge is -2.11. The predicted molar refractivity (Wildman–Crippen MR) is 266 cm³/mol. The van der Waals surface area contributed by atoms with E-state index in [4.69, 9.17) is 57.7 Å². The monoisotopic (exact) mass is 1120 g/mol. The molecule has 23 nitrogen and oxygen atoms in total. The van der Waals surface area contributed by atoms with Gasteiger partial charge >= 0.3 is 16.1 Å². The third-order valence-electron chi connectivity index (χ3n) is 10.2. The Morgan fingerprint density at radius 3 is 1.51 bits per heavy atom. The van der Waals surface area contributed by atoms with E-state index in [1.165, 1.54) is 0 Å². The zero-order valence-electron chi connectivity index (χ0n) is 42.7. The average Bonchev–Trinajstić information content (AvgIpc) is 3.60. The summed E-state index contributed by atoms with van der Waals surface area (Å²) in [5.41, 5.74) is 9.71. The van der Waals surface area contributed by atoms with Crippen LogP contribution in [0.5, 0.6) is 5.75 Å². The molecule has 2 heterocycles. The largest absolute Gasteiger partial charge is 0.420 e. The van der Waals surface area contributed by atoms with Crippen molar-refractivity contribution >= 4 is 45.5 Å². The molecule has 1 aliphatic rings. The summed E-state index contributed by atoms with van der Waals surface area (Å²) < 4.78 is 145. The first-order valence-corrected chi connectivity index (χ1v) is 26.0. The number of halogens is 4. The number of aliphatic imine (C=N–C) groups is 1. The van der Waals surface area contributed by atoms with Gasteiger partial charge in [-0.3, -0.25) is 18.9 Å². The molecule has 0 fully saturated rings. The number of fused-ring (bicyclic) bond motifs is 1. The van der Waals surface area contributed by atoms with Crippen molar-refractivity contribution in [3.05, 3.63) is 70.8 Å². The van der Waals surface area contributed by atoms with E-state index < -0.39 is 56.4 Å². The number of esters is 1. The quantitative estimate of drug-likeness (QED) is 0.0158.